The SMILES string of the molecule is O=C1/C=C\C(=O)OC2(O)CCCCCCCCC2O1. The first kappa shape index (κ1) is 14.1. The van der Waals surface area contributed by atoms with Gasteiger partial charge in [-0.25, -0.2) is 9.59 Å². The smallest absolute Gasteiger partial charge is 0.333 e. The number of fused-ring (bicyclic) bond motifs is 1. The second kappa shape index (κ2) is 6.19. The van der Waals surface area contributed by atoms with Crippen molar-refractivity contribution in [1.29, 1.82) is 0 Å². The second-order valence-corrected chi connectivity index (χ2v) is 5.18. The van der Waals surface area contributed by atoms with Crippen molar-refractivity contribution in [3.63, 3.8) is 0 Å². The molecule has 2 unspecified atom stereocenters. The molecule has 1 N–H and O–H groups in total. The first-order valence-corrected chi connectivity index (χ1v) is 6.94. The highest BCUT2D eigenvalue weighted by Gasteiger charge is 2.43. The lowest BCUT2D eigenvalue weighted by Gasteiger charge is -2.35. The number of carbonyl (C=O) groups is 2. The van der Waals surface area contributed by atoms with Crippen molar-refractivity contribution in [3.05, 3.63) is 12.2 Å². The van der Waals surface area contributed by atoms with Gasteiger partial charge in [-0.3, -0.25) is 0 Å². The molecule has 0 spiro atoms. The zero-order chi connectivity index (χ0) is 13.7. The molecular formula is C14H20O5. The number of ether oxygens (including phenoxy) is 2. The minimum absolute atomic E-state index is 0.310. The van der Waals surface area contributed by atoms with Gasteiger partial charge in [0, 0.05) is 18.6 Å². The van der Waals surface area contributed by atoms with Crippen molar-refractivity contribution in [2.24, 2.45) is 0 Å². The van der Waals surface area contributed by atoms with Crippen molar-refractivity contribution < 1.29 is 24.2 Å². The molecule has 5 heteroatoms. The van der Waals surface area contributed by atoms with E-state index in [-0.39, 0.29) is 0 Å². The molecule has 1 heterocycles. The number of aliphatic hydroxyl groups is 1. The lowest BCUT2D eigenvalue weighted by Crippen LogP contribution is -2.49. The van der Waals surface area contributed by atoms with E-state index < -0.39 is 23.8 Å². The van der Waals surface area contributed by atoms with Crippen LogP contribution in [0.3, 0.4) is 0 Å². The van der Waals surface area contributed by atoms with Crippen molar-refractivity contribution >= 4 is 11.9 Å². The summed E-state index contributed by atoms with van der Waals surface area (Å²) in [5.41, 5.74) is 0. The Kier molecular flexibility index (Phi) is 4.58. The lowest BCUT2D eigenvalue weighted by molar-refractivity contribution is -0.255. The normalized spacial score (nSPS) is 35.1. The molecular weight excluding hydrogens is 248 g/mol. The van der Waals surface area contributed by atoms with Crippen LogP contribution in [0.15, 0.2) is 12.2 Å². The van der Waals surface area contributed by atoms with Gasteiger partial charge in [0.05, 0.1) is 0 Å². The summed E-state index contributed by atoms with van der Waals surface area (Å²) in [7, 11) is 0. The summed E-state index contributed by atoms with van der Waals surface area (Å²) in [6.45, 7) is 0. The van der Waals surface area contributed by atoms with E-state index in [0.717, 1.165) is 50.7 Å². The maximum Gasteiger partial charge on any atom is 0.333 e. The van der Waals surface area contributed by atoms with Gasteiger partial charge in [-0.05, 0) is 19.3 Å². The highest BCUT2D eigenvalue weighted by atomic mass is 16.7. The van der Waals surface area contributed by atoms with Gasteiger partial charge in [-0.2, -0.15) is 0 Å². The summed E-state index contributed by atoms with van der Waals surface area (Å²) in [4.78, 5) is 23.0. The third kappa shape index (κ3) is 3.80. The average Bonchev–Trinajstić information content (AvgIpc) is 2.36. The molecule has 5 nitrogen and oxygen atoms in total. The lowest BCUT2D eigenvalue weighted by atomic mass is 9.94. The predicted octanol–water partition coefficient (Wildman–Crippen LogP) is 1.83. The van der Waals surface area contributed by atoms with Crippen LogP contribution in [0.1, 0.15) is 51.4 Å². The molecule has 0 aromatic rings. The first-order valence-electron chi connectivity index (χ1n) is 6.94. The third-order valence-corrected chi connectivity index (χ3v) is 3.65. The van der Waals surface area contributed by atoms with Crippen molar-refractivity contribution in [1.82, 2.24) is 0 Å². The molecule has 0 aromatic heterocycles. The molecule has 2 aliphatic rings. The Morgan fingerprint density at radius 2 is 1.63 bits per heavy atom. The van der Waals surface area contributed by atoms with Crippen LogP contribution in [0.25, 0.3) is 0 Å². The van der Waals surface area contributed by atoms with E-state index in [1.807, 2.05) is 0 Å². The number of esters is 2. The molecule has 0 aromatic carbocycles. The summed E-state index contributed by atoms with van der Waals surface area (Å²) in [5, 5.41) is 10.6. The van der Waals surface area contributed by atoms with Gasteiger partial charge in [0.1, 0.15) is 0 Å². The quantitative estimate of drug-likeness (QED) is 0.679. The molecule has 1 saturated carbocycles. The Morgan fingerprint density at radius 3 is 2.42 bits per heavy atom. The molecule has 1 fully saturated rings. The van der Waals surface area contributed by atoms with Crippen LogP contribution >= 0.6 is 0 Å². The zero-order valence-corrected chi connectivity index (χ0v) is 11.0. The van der Waals surface area contributed by atoms with Crippen LogP contribution in [0.2, 0.25) is 0 Å². The molecule has 2 rings (SSSR count). The molecule has 1 aliphatic heterocycles. The highest BCUT2D eigenvalue weighted by molar-refractivity contribution is 5.92. The zero-order valence-electron chi connectivity index (χ0n) is 11.0. The van der Waals surface area contributed by atoms with Crippen LogP contribution in [0.5, 0.6) is 0 Å². The molecule has 0 radical (unpaired) electrons. The fourth-order valence-electron chi connectivity index (χ4n) is 2.59. The van der Waals surface area contributed by atoms with Crippen LogP contribution in [0.4, 0.5) is 0 Å². The van der Waals surface area contributed by atoms with E-state index in [2.05, 4.69) is 0 Å². The predicted molar refractivity (Wildman–Crippen MR) is 67.0 cm³/mol. The molecule has 0 saturated heterocycles. The topological polar surface area (TPSA) is 72.8 Å². The van der Waals surface area contributed by atoms with Crippen LogP contribution in [-0.4, -0.2) is 28.9 Å². The maximum atomic E-state index is 11.5. The molecule has 2 atom stereocenters. The van der Waals surface area contributed by atoms with E-state index in [1.54, 1.807) is 0 Å². The Hall–Kier alpha value is -1.36. The summed E-state index contributed by atoms with van der Waals surface area (Å²) in [6, 6.07) is 0. The molecule has 106 valence electrons. The highest BCUT2D eigenvalue weighted by Crippen LogP contribution is 2.30. The Balaban J connectivity index is 2.19. The summed E-state index contributed by atoms with van der Waals surface area (Å²) >= 11 is 0. The van der Waals surface area contributed by atoms with E-state index in [1.165, 1.54) is 0 Å². The molecule has 0 amide bonds. The van der Waals surface area contributed by atoms with E-state index in [9.17, 15) is 14.7 Å². The van der Waals surface area contributed by atoms with Gasteiger partial charge >= 0.3 is 11.9 Å². The number of hydrogen-bond donors (Lipinski definition) is 1. The largest absolute Gasteiger partial charge is 0.452 e. The summed E-state index contributed by atoms with van der Waals surface area (Å²) < 4.78 is 10.3. The Morgan fingerprint density at radius 1 is 1.00 bits per heavy atom. The Labute approximate surface area is 112 Å². The van der Waals surface area contributed by atoms with Crippen LogP contribution in [0, 0.1) is 0 Å². The fourth-order valence-corrected chi connectivity index (χ4v) is 2.59. The van der Waals surface area contributed by atoms with E-state index in [4.69, 9.17) is 9.47 Å². The first-order chi connectivity index (χ1) is 9.10. The molecule has 0 bridgehead atoms. The third-order valence-electron chi connectivity index (χ3n) is 3.65. The average molecular weight is 268 g/mol. The maximum absolute atomic E-state index is 11.5. The van der Waals surface area contributed by atoms with Crippen LogP contribution < -0.4 is 0 Å². The van der Waals surface area contributed by atoms with Gasteiger partial charge in [-0.15, -0.1) is 0 Å². The van der Waals surface area contributed by atoms with Gasteiger partial charge in [0.25, 0.3) is 0 Å². The van der Waals surface area contributed by atoms with Crippen LogP contribution in [-0.2, 0) is 19.1 Å². The minimum Gasteiger partial charge on any atom is -0.452 e. The van der Waals surface area contributed by atoms with Crippen molar-refractivity contribution in [2.45, 2.75) is 63.3 Å². The fraction of sp³-hybridized carbons (Fsp3) is 0.714. The monoisotopic (exact) mass is 268 g/mol. The number of carbonyl (C=O) groups excluding carboxylic acids is 2. The van der Waals surface area contributed by atoms with Gasteiger partial charge in [0.2, 0.25) is 5.79 Å². The summed E-state index contributed by atoms with van der Waals surface area (Å²) in [6.07, 6.45) is 7.98. The van der Waals surface area contributed by atoms with E-state index in [0.29, 0.717) is 12.8 Å². The summed E-state index contributed by atoms with van der Waals surface area (Å²) in [5.74, 6) is -2.98. The number of hydrogen-bond acceptors (Lipinski definition) is 5. The number of rotatable bonds is 0. The molecule has 19 heavy (non-hydrogen) atoms. The van der Waals surface area contributed by atoms with E-state index >= 15 is 0 Å². The molecule has 1 aliphatic carbocycles. The van der Waals surface area contributed by atoms with Gasteiger partial charge in [-0.1, -0.05) is 25.7 Å². The van der Waals surface area contributed by atoms with Gasteiger partial charge < -0.3 is 14.6 Å². The van der Waals surface area contributed by atoms with Crippen molar-refractivity contribution in [3.8, 4) is 0 Å². The van der Waals surface area contributed by atoms with Gasteiger partial charge in [0.15, 0.2) is 6.10 Å². The standard InChI is InChI=1S/C14H20O5/c15-12-8-9-13(16)19-14(17)10-6-4-2-1-3-5-7-11(14)18-12/h8-9,11,17H,1-7,10H2/b9-8-. The van der Waals surface area contributed by atoms with Crippen molar-refractivity contribution in [2.75, 3.05) is 0 Å². The second-order valence-electron chi connectivity index (χ2n) is 5.18. The Bertz CT molecular complexity index is 376. The minimum atomic E-state index is -1.69.